The lowest BCUT2D eigenvalue weighted by Gasteiger charge is -2.50. The van der Waals surface area contributed by atoms with Crippen molar-refractivity contribution in [2.75, 3.05) is 7.11 Å². The summed E-state index contributed by atoms with van der Waals surface area (Å²) in [5.74, 6) is 0.200. The molecule has 2 aromatic rings. The maximum atomic E-state index is 11.7. The quantitative estimate of drug-likeness (QED) is 0.793. The van der Waals surface area contributed by atoms with E-state index in [0.717, 1.165) is 12.8 Å². The summed E-state index contributed by atoms with van der Waals surface area (Å²) in [6.45, 7) is 0. The number of carbonyl (C=O) groups excluding carboxylic acids is 1. The molecule has 1 aliphatic carbocycles. The molecule has 0 aliphatic heterocycles. The number of esters is 1. The lowest BCUT2D eigenvalue weighted by atomic mass is 9.52. The summed E-state index contributed by atoms with van der Waals surface area (Å²) in [4.78, 5) is 11.7. The van der Waals surface area contributed by atoms with Crippen LogP contribution in [0.1, 0.15) is 30.4 Å². The van der Waals surface area contributed by atoms with E-state index in [4.69, 9.17) is 4.74 Å². The smallest absolute Gasteiger partial charge is 0.305 e. The summed E-state index contributed by atoms with van der Waals surface area (Å²) >= 11 is 0. The van der Waals surface area contributed by atoms with Gasteiger partial charge in [-0.25, -0.2) is 0 Å². The number of hydrogen-bond donors (Lipinski definition) is 0. The molecular weight excluding hydrogens is 260 g/mol. The van der Waals surface area contributed by atoms with Crippen LogP contribution in [-0.2, 0) is 14.9 Å². The highest BCUT2D eigenvalue weighted by Crippen LogP contribution is 2.54. The molecule has 0 radical (unpaired) electrons. The van der Waals surface area contributed by atoms with E-state index in [1.165, 1.54) is 18.2 Å². The van der Waals surface area contributed by atoms with Crippen LogP contribution in [0.2, 0.25) is 0 Å². The number of ether oxygens (including phenoxy) is 1. The lowest BCUT2D eigenvalue weighted by molar-refractivity contribution is -0.143. The minimum Gasteiger partial charge on any atom is -0.469 e. The molecule has 0 heterocycles. The number of rotatable bonds is 4. The van der Waals surface area contributed by atoms with Gasteiger partial charge in [-0.2, -0.15) is 0 Å². The predicted octanol–water partition coefficient (Wildman–Crippen LogP) is 3.95. The summed E-state index contributed by atoms with van der Waals surface area (Å²) in [6.07, 6.45) is 2.64. The van der Waals surface area contributed by atoms with Gasteiger partial charge in [-0.05, 0) is 29.9 Å². The molecule has 2 heteroatoms. The fourth-order valence-corrected chi connectivity index (χ4v) is 3.60. The number of benzene rings is 2. The average Bonchev–Trinajstić information content (AvgIpc) is 2.54. The lowest BCUT2D eigenvalue weighted by Crippen LogP contribution is -2.46. The zero-order valence-corrected chi connectivity index (χ0v) is 12.3. The largest absolute Gasteiger partial charge is 0.469 e. The second kappa shape index (κ2) is 5.72. The summed E-state index contributed by atoms with van der Waals surface area (Å²) < 4.78 is 4.88. The van der Waals surface area contributed by atoms with Crippen molar-refractivity contribution in [3.8, 4) is 0 Å². The van der Waals surface area contributed by atoms with Crippen molar-refractivity contribution in [2.24, 2.45) is 5.92 Å². The van der Waals surface area contributed by atoms with E-state index in [2.05, 4.69) is 48.5 Å². The fraction of sp³-hybridized carbons (Fsp3) is 0.316. The zero-order valence-electron chi connectivity index (χ0n) is 12.3. The van der Waals surface area contributed by atoms with Crippen LogP contribution in [0.3, 0.4) is 0 Å². The molecule has 1 atom stereocenters. The predicted molar refractivity (Wildman–Crippen MR) is 83.0 cm³/mol. The highest BCUT2D eigenvalue weighted by molar-refractivity contribution is 5.70. The van der Waals surface area contributed by atoms with Crippen molar-refractivity contribution < 1.29 is 9.53 Å². The molecule has 0 saturated heterocycles. The Hall–Kier alpha value is -2.09. The standard InChI is InChI=1S/C19H20O2/c1-21-18(20)14-17-12-13-19(17,15-8-4-2-5-9-15)16-10-6-3-7-11-16/h2-11,17H,12-14H2,1H3. The minimum atomic E-state index is -0.115. The summed E-state index contributed by atoms with van der Waals surface area (Å²) in [7, 11) is 1.47. The van der Waals surface area contributed by atoms with Gasteiger partial charge >= 0.3 is 5.97 Å². The summed E-state index contributed by atoms with van der Waals surface area (Å²) in [6, 6.07) is 21.1. The third-order valence-electron chi connectivity index (χ3n) is 4.80. The van der Waals surface area contributed by atoms with Gasteiger partial charge < -0.3 is 4.74 Å². The molecule has 2 aromatic carbocycles. The average molecular weight is 280 g/mol. The first-order chi connectivity index (χ1) is 10.3. The number of hydrogen-bond acceptors (Lipinski definition) is 2. The van der Waals surface area contributed by atoms with Gasteiger partial charge in [0, 0.05) is 11.8 Å². The van der Waals surface area contributed by atoms with E-state index >= 15 is 0 Å². The summed E-state index contributed by atoms with van der Waals surface area (Å²) in [5.41, 5.74) is 2.56. The van der Waals surface area contributed by atoms with E-state index < -0.39 is 0 Å². The maximum Gasteiger partial charge on any atom is 0.305 e. The third-order valence-corrected chi connectivity index (χ3v) is 4.80. The molecule has 0 bridgehead atoms. The zero-order chi connectivity index (χ0) is 14.7. The maximum absolute atomic E-state index is 11.7. The molecule has 2 nitrogen and oxygen atoms in total. The van der Waals surface area contributed by atoms with Gasteiger partial charge in [0.15, 0.2) is 0 Å². The van der Waals surface area contributed by atoms with Crippen molar-refractivity contribution in [3.05, 3.63) is 71.8 Å². The molecule has 108 valence electrons. The normalized spacial score (nSPS) is 19.6. The Morgan fingerprint density at radius 1 is 1.05 bits per heavy atom. The first-order valence-corrected chi connectivity index (χ1v) is 7.45. The third kappa shape index (κ3) is 2.35. The van der Waals surface area contributed by atoms with Crippen molar-refractivity contribution in [2.45, 2.75) is 24.7 Å². The van der Waals surface area contributed by atoms with Crippen molar-refractivity contribution in [1.82, 2.24) is 0 Å². The van der Waals surface area contributed by atoms with Crippen molar-refractivity contribution >= 4 is 5.97 Å². The Balaban J connectivity index is 2.03. The molecule has 0 spiro atoms. The van der Waals surface area contributed by atoms with Crippen LogP contribution in [0.15, 0.2) is 60.7 Å². The van der Waals surface area contributed by atoms with Gasteiger partial charge in [0.1, 0.15) is 0 Å². The van der Waals surface area contributed by atoms with Crippen LogP contribution in [0.4, 0.5) is 0 Å². The summed E-state index contributed by atoms with van der Waals surface area (Å²) in [5, 5.41) is 0. The molecule has 1 fully saturated rings. The highest BCUT2D eigenvalue weighted by atomic mass is 16.5. The van der Waals surface area contributed by atoms with E-state index in [9.17, 15) is 4.79 Å². The van der Waals surface area contributed by atoms with Gasteiger partial charge in [0.05, 0.1) is 7.11 Å². The molecule has 1 saturated carbocycles. The molecule has 0 amide bonds. The molecule has 0 aromatic heterocycles. The Morgan fingerprint density at radius 2 is 1.57 bits per heavy atom. The number of methoxy groups -OCH3 is 1. The molecule has 0 N–H and O–H groups in total. The van der Waals surface area contributed by atoms with Gasteiger partial charge in [-0.15, -0.1) is 0 Å². The molecule has 1 unspecified atom stereocenters. The van der Waals surface area contributed by atoms with Gasteiger partial charge in [0.25, 0.3) is 0 Å². The van der Waals surface area contributed by atoms with Crippen LogP contribution < -0.4 is 0 Å². The number of carbonyl (C=O) groups is 1. The fourth-order valence-electron chi connectivity index (χ4n) is 3.60. The Labute approximate surface area is 125 Å². The van der Waals surface area contributed by atoms with Crippen LogP contribution in [-0.4, -0.2) is 13.1 Å². The first kappa shape index (κ1) is 13.9. The molecule has 3 rings (SSSR count). The Bertz CT molecular complexity index is 564. The van der Waals surface area contributed by atoms with E-state index in [1.807, 2.05) is 12.1 Å². The van der Waals surface area contributed by atoms with E-state index in [-0.39, 0.29) is 11.4 Å². The molecule has 1 aliphatic rings. The molecular formula is C19H20O2. The minimum absolute atomic E-state index is 0.0449. The van der Waals surface area contributed by atoms with Crippen LogP contribution in [0, 0.1) is 5.92 Å². The monoisotopic (exact) mass is 280 g/mol. The van der Waals surface area contributed by atoms with Gasteiger partial charge in [-0.3, -0.25) is 4.79 Å². The SMILES string of the molecule is COC(=O)CC1CCC1(c1ccccc1)c1ccccc1. The van der Waals surface area contributed by atoms with Crippen LogP contribution >= 0.6 is 0 Å². The van der Waals surface area contributed by atoms with E-state index in [0.29, 0.717) is 12.3 Å². The molecule has 21 heavy (non-hydrogen) atoms. The van der Waals surface area contributed by atoms with Gasteiger partial charge in [-0.1, -0.05) is 60.7 Å². The first-order valence-electron chi connectivity index (χ1n) is 7.45. The van der Waals surface area contributed by atoms with Crippen LogP contribution in [0.25, 0.3) is 0 Å². The topological polar surface area (TPSA) is 26.3 Å². The Kier molecular flexibility index (Phi) is 3.78. The highest BCUT2D eigenvalue weighted by Gasteiger charge is 2.49. The van der Waals surface area contributed by atoms with Crippen molar-refractivity contribution in [1.29, 1.82) is 0 Å². The van der Waals surface area contributed by atoms with Gasteiger partial charge in [0.2, 0.25) is 0 Å². The Morgan fingerprint density at radius 3 is 1.95 bits per heavy atom. The van der Waals surface area contributed by atoms with Crippen LogP contribution in [0.5, 0.6) is 0 Å². The second-order valence-electron chi connectivity index (χ2n) is 5.72. The van der Waals surface area contributed by atoms with Crippen molar-refractivity contribution in [3.63, 3.8) is 0 Å². The van der Waals surface area contributed by atoms with E-state index in [1.54, 1.807) is 0 Å². The second-order valence-corrected chi connectivity index (χ2v) is 5.72.